The van der Waals surface area contributed by atoms with Crippen molar-refractivity contribution in [2.45, 2.75) is 16.2 Å². The van der Waals surface area contributed by atoms with Crippen molar-refractivity contribution in [2.75, 3.05) is 13.2 Å². The topological polar surface area (TPSA) is 67.2 Å². The number of aliphatic hydroxyl groups excluding tert-OH is 1. The minimum Gasteiger partial charge on any atom is -0.395 e. The zero-order valence-electron chi connectivity index (χ0n) is 17.6. The largest absolute Gasteiger partial charge is 0.416 e. The van der Waals surface area contributed by atoms with Gasteiger partial charge in [0.05, 0.1) is 23.2 Å². The van der Waals surface area contributed by atoms with Crippen LogP contribution in [0, 0.1) is 0 Å². The zero-order valence-corrected chi connectivity index (χ0v) is 18.4. The Morgan fingerprint density at radius 3 is 2.61 bits per heavy atom. The van der Waals surface area contributed by atoms with Crippen LogP contribution in [0.5, 0.6) is 0 Å². The summed E-state index contributed by atoms with van der Waals surface area (Å²) in [5.74, 6) is -0.292. The van der Waals surface area contributed by atoms with Crippen molar-refractivity contribution in [3.63, 3.8) is 0 Å². The second-order valence-electron chi connectivity index (χ2n) is 7.31. The predicted molar refractivity (Wildman–Crippen MR) is 121 cm³/mol. The standard InChI is InChI=1S/C24H20F3N3O2S/c1-30-20-10-4-9-19(15-5-2-6-16(13-15)22(32)28-11-12-31)21(20)29-23(30)33-18-8-3-7-17(14-18)24(25,26)27/h2-10,13-14,31H,11-12H2,1H3,(H,28,32). The van der Waals surface area contributed by atoms with Crippen molar-refractivity contribution in [1.82, 2.24) is 14.9 Å². The quantitative estimate of drug-likeness (QED) is 0.409. The van der Waals surface area contributed by atoms with Gasteiger partial charge >= 0.3 is 6.18 Å². The molecule has 4 rings (SSSR count). The Balaban J connectivity index is 1.71. The molecule has 0 radical (unpaired) electrons. The minimum atomic E-state index is -4.41. The van der Waals surface area contributed by atoms with E-state index in [2.05, 4.69) is 5.32 Å². The van der Waals surface area contributed by atoms with Crippen molar-refractivity contribution in [3.05, 3.63) is 77.9 Å². The highest BCUT2D eigenvalue weighted by atomic mass is 32.2. The second-order valence-corrected chi connectivity index (χ2v) is 8.36. The summed E-state index contributed by atoms with van der Waals surface area (Å²) in [6.45, 7) is 0.0139. The average molecular weight is 472 g/mol. The van der Waals surface area contributed by atoms with Crippen LogP contribution in [0.15, 0.2) is 76.8 Å². The molecule has 0 atom stereocenters. The first-order valence-corrected chi connectivity index (χ1v) is 10.9. The number of fused-ring (bicyclic) bond motifs is 1. The molecule has 0 saturated carbocycles. The molecule has 3 aromatic carbocycles. The Morgan fingerprint density at radius 1 is 1.09 bits per heavy atom. The molecule has 0 saturated heterocycles. The summed E-state index contributed by atoms with van der Waals surface area (Å²) in [5, 5.41) is 12.1. The molecule has 0 spiro atoms. The first-order chi connectivity index (χ1) is 15.8. The monoisotopic (exact) mass is 471 g/mol. The molecule has 170 valence electrons. The van der Waals surface area contributed by atoms with E-state index in [1.54, 1.807) is 24.3 Å². The average Bonchev–Trinajstić information content (AvgIpc) is 3.12. The minimum absolute atomic E-state index is 0.148. The Hall–Kier alpha value is -3.30. The molecule has 2 N–H and O–H groups in total. The lowest BCUT2D eigenvalue weighted by atomic mass is 10.0. The molecule has 1 amide bonds. The third-order valence-electron chi connectivity index (χ3n) is 5.07. The molecule has 1 heterocycles. The SMILES string of the molecule is Cn1c(Sc2cccc(C(F)(F)F)c2)nc2c(-c3cccc(C(=O)NCCO)c3)cccc21. The van der Waals surface area contributed by atoms with E-state index in [1.807, 2.05) is 35.9 Å². The number of alkyl halides is 3. The van der Waals surface area contributed by atoms with Crippen LogP contribution in [-0.4, -0.2) is 33.7 Å². The normalized spacial score (nSPS) is 11.7. The van der Waals surface area contributed by atoms with E-state index in [0.717, 1.165) is 40.5 Å². The third kappa shape index (κ3) is 4.89. The molecule has 0 bridgehead atoms. The Kier molecular flexibility index (Phi) is 6.44. The maximum absolute atomic E-state index is 13.1. The van der Waals surface area contributed by atoms with Crippen LogP contribution in [0.3, 0.4) is 0 Å². The summed E-state index contributed by atoms with van der Waals surface area (Å²) < 4.78 is 41.1. The van der Waals surface area contributed by atoms with Crippen LogP contribution >= 0.6 is 11.8 Å². The van der Waals surface area contributed by atoms with Crippen LogP contribution in [0.4, 0.5) is 13.2 Å². The molecule has 5 nitrogen and oxygen atoms in total. The number of benzene rings is 3. The van der Waals surface area contributed by atoms with Gasteiger partial charge in [-0.2, -0.15) is 13.2 Å². The van der Waals surface area contributed by atoms with Crippen molar-refractivity contribution in [3.8, 4) is 11.1 Å². The molecule has 0 aliphatic rings. The fourth-order valence-corrected chi connectivity index (χ4v) is 4.37. The van der Waals surface area contributed by atoms with Crippen molar-refractivity contribution in [2.24, 2.45) is 7.05 Å². The molecular weight excluding hydrogens is 451 g/mol. The fraction of sp³-hybridized carbons (Fsp3) is 0.167. The van der Waals surface area contributed by atoms with Gasteiger partial charge in [0.15, 0.2) is 5.16 Å². The number of carbonyl (C=O) groups is 1. The lowest BCUT2D eigenvalue weighted by Crippen LogP contribution is -2.26. The molecule has 33 heavy (non-hydrogen) atoms. The van der Waals surface area contributed by atoms with Crippen molar-refractivity contribution >= 4 is 28.7 Å². The van der Waals surface area contributed by atoms with Gasteiger partial charge in [-0.1, -0.05) is 42.1 Å². The van der Waals surface area contributed by atoms with E-state index in [1.165, 1.54) is 6.07 Å². The second kappa shape index (κ2) is 9.29. The molecule has 0 unspecified atom stereocenters. The summed E-state index contributed by atoms with van der Waals surface area (Å²) in [6, 6.07) is 17.9. The number of hydrogen-bond donors (Lipinski definition) is 2. The number of rotatable bonds is 6. The van der Waals surface area contributed by atoms with Gasteiger partial charge in [-0.3, -0.25) is 4.79 Å². The lowest BCUT2D eigenvalue weighted by Gasteiger charge is -2.08. The highest BCUT2D eigenvalue weighted by Gasteiger charge is 2.30. The first-order valence-electron chi connectivity index (χ1n) is 10.1. The molecule has 0 fully saturated rings. The smallest absolute Gasteiger partial charge is 0.395 e. The van der Waals surface area contributed by atoms with Crippen LogP contribution in [-0.2, 0) is 13.2 Å². The number of halogens is 3. The van der Waals surface area contributed by atoms with E-state index in [-0.39, 0.29) is 19.1 Å². The Morgan fingerprint density at radius 2 is 1.85 bits per heavy atom. The molecule has 9 heteroatoms. The molecular formula is C24H20F3N3O2S. The molecule has 0 aliphatic carbocycles. The van der Waals surface area contributed by atoms with E-state index in [4.69, 9.17) is 10.1 Å². The van der Waals surface area contributed by atoms with E-state index < -0.39 is 11.7 Å². The van der Waals surface area contributed by atoms with Crippen molar-refractivity contribution < 1.29 is 23.1 Å². The summed E-state index contributed by atoms with van der Waals surface area (Å²) in [5.41, 5.74) is 2.83. The van der Waals surface area contributed by atoms with Crippen LogP contribution in [0.2, 0.25) is 0 Å². The van der Waals surface area contributed by atoms with Crippen LogP contribution < -0.4 is 5.32 Å². The number of para-hydroxylation sites is 1. The first kappa shape index (κ1) is 22.9. The highest BCUT2D eigenvalue weighted by Crippen LogP contribution is 2.36. The maximum atomic E-state index is 13.1. The van der Waals surface area contributed by atoms with Gasteiger partial charge in [-0.25, -0.2) is 4.98 Å². The van der Waals surface area contributed by atoms with E-state index >= 15 is 0 Å². The van der Waals surface area contributed by atoms with Gasteiger partial charge in [0.2, 0.25) is 0 Å². The number of aryl methyl sites for hydroxylation is 1. The zero-order chi connectivity index (χ0) is 23.6. The number of imidazole rings is 1. The van der Waals surface area contributed by atoms with Gasteiger partial charge in [0.1, 0.15) is 0 Å². The van der Waals surface area contributed by atoms with Crippen molar-refractivity contribution in [1.29, 1.82) is 0 Å². The van der Waals surface area contributed by atoms with Gasteiger partial charge in [-0.05, 0) is 42.0 Å². The Bertz CT molecular complexity index is 1320. The fourth-order valence-electron chi connectivity index (χ4n) is 3.46. The van der Waals surface area contributed by atoms with Gasteiger partial charge in [0.25, 0.3) is 5.91 Å². The number of aliphatic hydroxyl groups is 1. The summed E-state index contributed by atoms with van der Waals surface area (Å²) >= 11 is 1.16. The van der Waals surface area contributed by atoms with E-state index in [9.17, 15) is 18.0 Å². The van der Waals surface area contributed by atoms with Gasteiger partial charge in [0, 0.05) is 29.6 Å². The number of nitrogens with zero attached hydrogens (tertiary/aromatic N) is 2. The van der Waals surface area contributed by atoms with Gasteiger partial charge < -0.3 is 15.0 Å². The van der Waals surface area contributed by atoms with Crippen LogP contribution in [0.25, 0.3) is 22.2 Å². The predicted octanol–water partition coefficient (Wildman–Crippen LogP) is 5.13. The number of carbonyl (C=O) groups excluding carboxylic acids is 1. The van der Waals surface area contributed by atoms with Crippen LogP contribution in [0.1, 0.15) is 15.9 Å². The van der Waals surface area contributed by atoms with Gasteiger partial charge in [-0.15, -0.1) is 0 Å². The summed E-state index contributed by atoms with van der Waals surface area (Å²) in [6.07, 6.45) is -4.41. The number of nitrogens with one attached hydrogen (secondary N) is 1. The Labute approximate surface area is 192 Å². The highest BCUT2D eigenvalue weighted by molar-refractivity contribution is 7.99. The maximum Gasteiger partial charge on any atom is 0.416 e. The number of hydrogen-bond acceptors (Lipinski definition) is 4. The molecule has 4 aromatic rings. The number of amides is 1. The molecule has 0 aliphatic heterocycles. The third-order valence-corrected chi connectivity index (χ3v) is 6.11. The summed E-state index contributed by atoms with van der Waals surface area (Å²) in [4.78, 5) is 17.4. The lowest BCUT2D eigenvalue weighted by molar-refractivity contribution is -0.137. The summed E-state index contributed by atoms with van der Waals surface area (Å²) in [7, 11) is 1.81. The molecule has 1 aromatic heterocycles. The number of aromatic nitrogens is 2. The van der Waals surface area contributed by atoms with E-state index in [0.29, 0.717) is 21.1 Å².